The molecule has 1 fully saturated rings. The van der Waals surface area contributed by atoms with E-state index in [9.17, 15) is 0 Å². The Hall–Kier alpha value is -0.880. The van der Waals surface area contributed by atoms with Crippen molar-refractivity contribution in [2.75, 3.05) is 33.9 Å². The highest BCUT2D eigenvalue weighted by Crippen LogP contribution is 2.19. The molecule has 0 aliphatic carbocycles. The van der Waals surface area contributed by atoms with E-state index in [0.717, 1.165) is 38.5 Å². The van der Waals surface area contributed by atoms with Crippen molar-refractivity contribution in [3.8, 4) is 0 Å². The van der Waals surface area contributed by atoms with Crippen molar-refractivity contribution in [3.05, 3.63) is 23.7 Å². The zero-order chi connectivity index (χ0) is 13.7. The molecule has 1 aliphatic rings. The maximum Gasteiger partial charge on any atom is 0.118 e. The summed E-state index contributed by atoms with van der Waals surface area (Å²) in [7, 11) is 3.48. The lowest BCUT2D eigenvalue weighted by molar-refractivity contribution is -0.00461. The molecule has 0 saturated carbocycles. The second-order valence-corrected chi connectivity index (χ2v) is 4.94. The standard InChI is InChI=1S/C14H24N2O3/c1-4-15-6-11-5-12(19-10-11)7-16-8-13(17-2)14(9-16)18-3/h5,10,13-15H,4,6-9H2,1-3H3. The van der Waals surface area contributed by atoms with Gasteiger partial charge in [0.15, 0.2) is 0 Å². The smallest absolute Gasteiger partial charge is 0.118 e. The summed E-state index contributed by atoms with van der Waals surface area (Å²) in [5.41, 5.74) is 1.20. The van der Waals surface area contributed by atoms with Crippen LogP contribution >= 0.6 is 0 Å². The van der Waals surface area contributed by atoms with Gasteiger partial charge in [-0.15, -0.1) is 0 Å². The average Bonchev–Trinajstić information content (AvgIpc) is 3.03. The summed E-state index contributed by atoms with van der Waals surface area (Å²) in [5, 5.41) is 3.29. The summed E-state index contributed by atoms with van der Waals surface area (Å²) in [6.07, 6.45) is 2.14. The van der Waals surface area contributed by atoms with Gasteiger partial charge in [-0.2, -0.15) is 0 Å². The molecule has 2 unspecified atom stereocenters. The fourth-order valence-electron chi connectivity index (χ4n) is 2.49. The van der Waals surface area contributed by atoms with Gasteiger partial charge >= 0.3 is 0 Å². The molecular weight excluding hydrogens is 244 g/mol. The Morgan fingerprint density at radius 2 is 2.00 bits per heavy atom. The van der Waals surface area contributed by atoms with E-state index in [0.29, 0.717) is 0 Å². The number of hydrogen-bond acceptors (Lipinski definition) is 5. The van der Waals surface area contributed by atoms with Gasteiger partial charge in [0.05, 0.1) is 25.0 Å². The second kappa shape index (κ2) is 7.05. The molecule has 2 heterocycles. The normalized spacial score (nSPS) is 24.2. The van der Waals surface area contributed by atoms with Gasteiger partial charge in [-0.1, -0.05) is 6.92 Å². The Labute approximate surface area is 114 Å². The van der Waals surface area contributed by atoms with Gasteiger partial charge in [-0.05, 0) is 12.6 Å². The molecule has 5 nitrogen and oxygen atoms in total. The van der Waals surface area contributed by atoms with Crippen molar-refractivity contribution in [2.24, 2.45) is 0 Å². The van der Waals surface area contributed by atoms with Gasteiger partial charge in [-0.25, -0.2) is 0 Å². The molecule has 2 rings (SSSR count). The molecule has 1 aromatic heterocycles. The fraction of sp³-hybridized carbons (Fsp3) is 0.714. The molecular formula is C14H24N2O3. The highest BCUT2D eigenvalue weighted by molar-refractivity contribution is 5.13. The summed E-state index contributed by atoms with van der Waals surface area (Å²) in [6.45, 7) is 6.52. The zero-order valence-electron chi connectivity index (χ0n) is 12.0. The quantitative estimate of drug-likeness (QED) is 0.806. The number of furan rings is 1. The predicted molar refractivity (Wildman–Crippen MR) is 73.0 cm³/mol. The SMILES string of the molecule is CCNCc1coc(CN2CC(OC)C(OC)C2)c1. The van der Waals surface area contributed by atoms with E-state index in [1.807, 2.05) is 6.26 Å². The third-order valence-electron chi connectivity index (χ3n) is 3.56. The Balaban J connectivity index is 1.86. The van der Waals surface area contributed by atoms with Crippen LogP contribution in [0, 0.1) is 0 Å². The molecule has 0 aromatic carbocycles. The lowest BCUT2D eigenvalue weighted by atomic mass is 10.3. The number of nitrogens with zero attached hydrogens (tertiary/aromatic N) is 1. The van der Waals surface area contributed by atoms with E-state index in [2.05, 4.69) is 23.2 Å². The van der Waals surface area contributed by atoms with E-state index in [1.54, 1.807) is 14.2 Å². The van der Waals surface area contributed by atoms with Crippen LogP contribution in [-0.2, 0) is 22.6 Å². The van der Waals surface area contributed by atoms with Crippen LogP contribution in [0.3, 0.4) is 0 Å². The van der Waals surface area contributed by atoms with Crippen molar-refractivity contribution >= 4 is 0 Å². The second-order valence-electron chi connectivity index (χ2n) is 4.94. The summed E-state index contributed by atoms with van der Waals surface area (Å²) >= 11 is 0. The van der Waals surface area contributed by atoms with Gasteiger partial charge in [0.2, 0.25) is 0 Å². The Morgan fingerprint density at radius 3 is 2.58 bits per heavy atom. The van der Waals surface area contributed by atoms with E-state index in [-0.39, 0.29) is 12.2 Å². The molecule has 108 valence electrons. The molecule has 0 radical (unpaired) electrons. The molecule has 1 aliphatic heterocycles. The largest absolute Gasteiger partial charge is 0.468 e. The van der Waals surface area contributed by atoms with E-state index in [1.165, 1.54) is 5.56 Å². The Morgan fingerprint density at radius 1 is 1.32 bits per heavy atom. The third kappa shape index (κ3) is 3.79. The van der Waals surface area contributed by atoms with Crippen LogP contribution in [0.4, 0.5) is 0 Å². The molecule has 0 amide bonds. The van der Waals surface area contributed by atoms with Gasteiger partial charge in [-0.3, -0.25) is 4.90 Å². The van der Waals surface area contributed by atoms with Gasteiger partial charge in [0.25, 0.3) is 0 Å². The van der Waals surface area contributed by atoms with Crippen LogP contribution in [0.5, 0.6) is 0 Å². The van der Waals surface area contributed by atoms with Crippen molar-refractivity contribution in [2.45, 2.75) is 32.2 Å². The van der Waals surface area contributed by atoms with Crippen LogP contribution in [-0.4, -0.2) is 51.0 Å². The molecule has 1 aromatic rings. The highest BCUT2D eigenvalue weighted by atomic mass is 16.5. The molecule has 2 atom stereocenters. The van der Waals surface area contributed by atoms with Crippen molar-refractivity contribution in [1.82, 2.24) is 10.2 Å². The average molecular weight is 268 g/mol. The summed E-state index contributed by atoms with van der Waals surface area (Å²) in [4.78, 5) is 2.30. The maximum absolute atomic E-state index is 5.60. The van der Waals surface area contributed by atoms with Gasteiger partial charge < -0.3 is 19.2 Å². The van der Waals surface area contributed by atoms with E-state index in [4.69, 9.17) is 13.9 Å². The lowest BCUT2D eigenvalue weighted by Crippen LogP contribution is -2.27. The summed E-state index contributed by atoms with van der Waals surface area (Å²) in [6, 6.07) is 2.12. The maximum atomic E-state index is 5.60. The van der Waals surface area contributed by atoms with Crippen LogP contribution in [0.1, 0.15) is 18.2 Å². The van der Waals surface area contributed by atoms with Crippen LogP contribution in [0.2, 0.25) is 0 Å². The monoisotopic (exact) mass is 268 g/mol. The first kappa shape index (κ1) is 14.5. The van der Waals surface area contributed by atoms with Crippen LogP contribution in [0.15, 0.2) is 16.7 Å². The van der Waals surface area contributed by atoms with Crippen molar-refractivity contribution in [3.63, 3.8) is 0 Å². The van der Waals surface area contributed by atoms with Gasteiger partial charge in [0, 0.05) is 39.4 Å². The minimum absolute atomic E-state index is 0.154. The number of nitrogens with one attached hydrogen (secondary N) is 1. The molecule has 5 heteroatoms. The molecule has 0 spiro atoms. The number of likely N-dealkylation sites (tertiary alicyclic amines) is 1. The number of ether oxygens (including phenoxy) is 2. The first-order valence-corrected chi connectivity index (χ1v) is 6.81. The minimum atomic E-state index is 0.154. The summed E-state index contributed by atoms with van der Waals surface area (Å²) < 4.78 is 16.5. The number of methoxy groups -OCH3 is 2. The molecule has 1 saturated heterocycles. The summed E-state index contributed by atoms with van der Waals surface area (Å²) in [5.74, 6) is 1.000. The number of hydrogen-bond donors (Lipinski definition) is 1. The van der Waals surface area contributed by atoms with Crippen LogP contribution < -0.4 is 5.32 Å². The van der Waals surface area contributed by atoms with Crippen molar-refractivity contribution < 1.29 is 13.9 Å². The first-order valence-electron chi connectivity index (χ1n) is 6.81. The van der Waals surface area contributed by atoms with Crippen LogP contribution in [0.25, 0.3) is 0 Å². The van der Waals surface area contributed by atoms with Gasteiger partial charge in [0.1, 0.15) is 5.76 Å². The molecule has 0 bridgehead atoms. The topological polar surface area (TPSA) is 46.9 Å². The Bertz CT molecular complexity index is 369. The van der Waals surface area contributed by atoms with E-state index >= 15 is 0 Å². The third-order valence-corrected chi connectivity index (χ3v) is 3.56. The van der Waals surface area contributed by atoms with Crippen molar-refractivity contribution in [1.29, 1.82) is 0 Å². The molecule has 19 heavy (non-hydrogen) atoms. The van der Waals surface area contributed by atoms with E-state index < -0.39 is 0 Å². The zero-order valence-corrected chi connectivity index (χ0v) is 12.0. The fourth-order valence-corrected chi connectivity index (χ4v) is 2.49. The lowest BCUT2D eigenvalue weighted by Gasteiger charge is -2.13. The first-order chi connectivity index (χ1) is 9.26. The highest BCUT2D eigenvalue weighted by Gasteiger charge is 2.33. The Kier molecular flexibility index (Phi) is 5.39. The predicted octanol–water partition coefficient (Wildman–Crippen LogP) is 1.23. The molecule has 1 N–H and O–H groups in total. The minimum Gasteiger partial charge on any atom is -0.468 e. The number of rotatable bonds is 7.